The zero-order valence-electron chi connectivity index (χ0n) is 12.3. The van der Waals surface area contributed by atoms with Crippen molar-refractivity contribution < 1.29 is 19.5 Å². The topological polar surface area (TPSA) is 109 Å². The van der Waals surface area contributed by atoms with Crippen molar-refractivity contribution in [3.63, 3.8) is 0 Å². The van der Waals surface area contributed by atoms with E-state index in [4.69, 9.17) is 5.73 Å². The smallest absolute Gasteiger partial charge is 0.314 e. The maximum Gasteiger partial charge on any atom is 0.314 e. The Morgan fingerprint density at radius 1 is 1.14 bits per heavy atom. The van der Waals surface area contributed by atoms with Crippen molar-refractivity contribution in [2.75, 3.05) is 0 Å². The van der Waals surface area contributed by atoms with Gasteiger partial charge in [-0.15, -0.1) is 0 Å². The Morgan fingerprint density at radius 3 is 2.10 bits per heavy atom. The summed E-state index contributed by atoms with van der Waals surface area (Å²) < 4.78 is 0. The van der Waals surface area contributed by atoms with Crippen LogP contribution in [0.4, 0.5) is 0 Å². The summed E-state index contributed by atoms with van der Waals surface area (Å²) in [5, 5.41) is 11.9. The van der Waals surface area contributed by atoms with Crippen LogP contribution in [0.3, 0.4) is 0 Å². The molecule has 6 heteroatoms. The molecule has 21 heavy (non-hydrogen) atoms. The van der Waals surface area contributed by atoms with E-state index < -0.39 is 28.7 Å². The van der Waals surface area contributed by atoms with Gasteiger partial charge in [-0.25, -0.2) is 0 Å². The van der Waals surface area contributed by atoms with E-state index in [0.717, 1.165) is 0 Å². The fourth-order valence-corrected chi connectivity index (χ4v) is 1.88. The number of benzene rings is 1. The molecule has 0 fully saturated rings. The van der Waals surface area contributed by atoms with Crippen LogP contribution in [-0.2, 0) is 19.8 Å². The van der Waals surface area contributed by atoms with Crippen molar-refractivity contribution >= 4 is 17.8 Å². The molecule has 0 saturated heterocycles. The first-order valence-electron chi connectivity index (χ1n) is 6.49. The summed E-state index contributed by atoms with van der Waals surface area (Å²) >= 11 is 0. The third kappa shape index (κ3) is 3.81. The Morgan fingerprint density at radius 2 is 1.67 bits per heavy atom. The molecule has 1 atom stereocenters. The van der Waals surface area contributed by atoms with Crippen molar-refractivity contribution in [3.8, 4) is 0 Å². The van der Waals surface area contributed by atoms with E-state index in [1.165, 1.54) is 20.8 Å². The molecule has 0 radical (unpaired) electrons. The first-order valence-corrected chi connectivity index (χ1v) is 6.49. The molecule has 0 spiro atoms. The van der Waals surface area contributed by atoms with Crippen LogP contribution in [0.1, 0.15) is 32.8 Å². The number of hydrogen-bond acceptors (Lipinski definition) is 3. The van der Waals surface area contributed by atoms with E-state index in [0.29, 0.717) is 5.56 Å². The minimum atomic E-state index is -1.38. The van der Waals surface area contributed by atoms with Gasteiger partial charge in [-0.3, -0.25) is 14.4 Å². The predicted molar refractivity (Wildman–Crippen MR) is 77.5 cm³/mol. The fraction of sp³-hybridized carbons (Fsp3) is 0.400. The van der Waals surface area contributed by atoms with Crippen LogP contribution >= 0.6 is 0 Å². The zero-order valence-corrected chi connectivity index (χ0v) is 12.3. The average Bonchev–Trinajstić information content (AvgIpc) is 2.38. The van der Waals surface area contributed by atoms with Gasteiger partial charge < -0.3 is 16.2 Å². The molecule has 114 valence electrons. The number of nitrogens with one attached hydrogen (secondary N) is 1. The molecule has 1 rings (SSSR count). The van der Waals surface area contributed by atoms with Gasteiger partial charge in [-0.1, -0.05) is 30.3 Å². The maximum absolute atomic E-state index is 12.1. The van der Waals surface area contributed by atoms with Gasteiger partial charge in [0.2, 0.25) is 11.8 Å². The van der Waals surface area contributed by atoms with Gasteiger partial charge in [0, 0.05) is 6.42 Å². The minimum Gasteiger partial charge on any atom is -0.481 e. The molecule has 6 nitrogen and oxygen atoms in total. The monoisotopic (exact) mass is 292 g/mol. The molecule has 1 unspecified atom stereocenters. The SMILES string of the molecule is CC(C)(NC(=O)CC(C)(C(=O)O)c1ccccc1)C(N)=O. The lowest BCUT2D eigenvalue weighted by molar-refractivity contribution is -0.146. The van der Waals surface area contributed by atoms with Crippen LogP contribution < -0.4 is 11.1 Å². The molecule has 2 amide bonds. The number of rotatable bonds is 6. The molecule has 0 aromatic heterocycles. The number of primary amides is 1. The van der Waals surface area contributed by atoms with Gasteiger partial charge in [0.25, 0.3) is 0 Å². The molecule has 4 N–H and O–H groups in total. The van der Waals surface area contributed by atoms with Crippen LogP contribution in [0.5, 0.6) is 0 Å². The number of carbonyl (C=O) groups excluding carboxylic acids is 2. The summed E-state index contributed by atoms with van der Waals surface area (Å²) in [6.07, 6.45) is -0.289. The molecule has 1 aromatic carbocycles. The Balaban J connectivity index is 2.98. The molecule has 0 aliphatic heterocycles. The van der Waals surface area contributed by atoms with Gasteiger partial charge >= 0.3 is 5.97 Å². The molecule has 0 heterocycles. The fourth-order valence-electron chi connectivity index (χ4n) is 1.88. The molecular weight excluding hydrogens is 272 g/mol. The van der Waals surface area contributed by atoms with Crippen LogP contribution in [0, 0.1) is 0 Å². The second-order valence-electron chi connectivity index (χ2n) is 5.72. The largest absolute Gasteiger partial charge is 0.481 e. The molecule has 0 aliphatic rings. The summed E-state index contributed by atoms with van der Waals surface area (Å²) in [6.45, 7) is 4.41. The van der Waals surface area contributed by atoms with Crippen LogP contribution in [0.15, 0.2) is 30.3 Å². The highest BCUT2D eigenvalue weighted by molar-refractivity contribution is 5.93. The third-order valence-electron chi connectivity index (χ3n) is 3.46. The molecule has 0 saturated carbocycles. The van der Waals surface area contributed by atoms with Crippen LogP contribution in [0.25, 0.3) is 0 Å². The number of hydrogen-bond donors (Lipinski definition) is 3. The van der Waals surface area contributed by atoms with Crippen molar-refractivity contribution in [1.29, 1.82) is 0 Å². The van der Waals surface area contributed by atoms with E-state index in [-0.39, 0.29) is 6.42 Å². The third-order valence-corrected chi connectivity index (χ3v) is 3.46. The maximum atomic E-state index is 12.1. The number of carboxylic acids is 1. The van der Waals surface area contributed by atoms with Crippen molar-refractivity contribution in [1.82, 2.24) is 5.32 Å². The van der Waals surface area contributed by atoms with E-state index in [9.17, 15) is 19.5 Å². The highest BCUT2D eigenvalue weighted by Gasteiger charge is 2.39. The van der Waals surface area contributed by atoms with Gasteiger partial charge in [0.05, 0.1) is 5.41 Å². The van der Waals surface area contributed by atoms with E-state index in [1.54, 1.807) is 30.3 Å². The summed E-state index contributed by atoms with van der Waals surface area (Å²) in [7, 11) is 0. The number of amides is 2. The molecule has 0 aliphatic carbocycles. The number of aliphatic carboxylic acids is 1. The normalized spacial score (nSPS) is 14.0. The molecular formula is C15H20N2O4. The van der Waals surface area contributed by atoms with Crippen molar-refractivity contribution in [2.45, 2.75) is 38.1 Å². The summed E-state index contributed by atoms with van der Waals surface area (Å²) in [5.41, 5.74) is 3.10. The highest BCUT2D eigenvalue weighted by Crippen LogP contribution is 2.28. The number of nitrogens with two attached hydrogens (primary N) is 1. The Bertz CT molecular complexity index is 554. The van der Waals surface area contributed by atoms with Crippen molar-refractivity contribution in [2.24, 2.45) is 5.73 Å². The highest BCUT2D eigenvalue weighted by atomic mass is 16.4. The lowest BCUT2D eigenvalue weighted by atomic mass is 9.79. The van der Waals surface area contributed by atoms with Crippen molar-refractivity contribution in [3.05, 3.63) is 35.9 Å². The first kappa shape index (κ1) is 16.7. The van der Waals surface area contributed by atoms with Gasteiger partial charge in [-0.2, -0.15) is 0 Å². The Hall–Kier alpha value is -2.37. The van der Waals surface area contributed by atoms with Gasteiger partial charge in [-0.05, 0) is 26.3 Å². The predicted octanol–water partition coefficient (Wildman–Crippen LogP) is 0.799. The summed E-state index contributed by atoms with van der Waals surface area (Å²) in [5.74, 6) is -2.35. The molecule has 0 bridgehead atoms. The van der Waals surface area contributed by atoms with E-state index >= 15 is 0 Å². The van der Waals surface area contributed by atoms with Gasteiger partial charge in [0.15, 0.2) is 0 Å². The second-order valence-corrected chi connectivity index (χ2v) is 5.72. The van der Waals surface area contributed by atoms with E-state index in [2.05, 4.69) is 5.32 Å². The summed E-state index contributed by atoms with van der Waals surface area (Å²) in [4.78, 5) is 34.9. The minimum absolute atomic E-state index is 0.289. The summed E-state index contributed by atoms with van der Waals surface area (Å²) in [6, 6.07) is 8.49. The number of carboxylic acid groups (broad SMARTS) is 1. The number of carbonyl (C=O) groups is 3. The first-order chi connectivity index (χ1) is 9.59. The second kappa shape index (κ2) is 5.95. The Kier molecular flexibility index (Phi) is 4.73. The van der Waals surface area contributed by atoms with Crippen LogP contribution in [-0.4, -0.2) is 28.4 Å². The zero-order chi connectivity index (χ0) is 16.3. The average molecular weight is 292 g/mol. The Labute approximate surface area is 123 Å². The standard InChI is InChI=1S/C15H20N2O4/c1-14(2,12(16)19)17-11(18)9-15(3,13(20)21)10-7-5-4-6-8-10/h4-8H,9H2,1-3H3,(H2,16,19)(H,17,18)(H,20,21). The molecule has 1 aromatic rings. The lowest BCUT2D eigenvalue weighted by Crippen LogP contribution is -2.54. The van der Waals surface area contributed by atoms with E-state index in [1.807, 2.05) is 0 Å². The lowest BCUT2D eigenvalue weighted by Gasteiger charge is -2.28. The quantitative estimate of drug-likeness (QED) is 0.720. The van der Waals surface area contributed by atoms with Crippen LogP contribution in [0.2, 0.25) is 0 Å². The van der Waals surface area contributed by atoms with Gasteiger partial charge in [0.1, 0.15) is 5.54 Å².